The SMILES string of the molecule is CCCCNC(=O)NC(=O)COC(=O)/C=C/c1ccc(I)o1. The van der Waals surface area contributed by atoms with Crippen molar-refractivity contribution in [3.63, 3.8) is 0 Å². The lowest BCUT2D eigenvalue weighted by molar-refractivity contribution is -0.143. The summed E-state index contributed by atoms with van der Waals surface area (Å²) >= 11 is 2.00. The second kappa shape index (κ2) is 9.98. The maximum atomic E-state index is 11.4. The van der Waals surface area contributed by atoms with Gasteiger partial charge in [-0.1, -0.05) is 13.3 Å². The topological polar surface area (TPSA) is 97.6 Å². The molecule has 1 rings (SSSR count). The fraction of sp³-hybridized carbons (Fsp3) is 0.357. The van der Waals surface area contributed by atoms with Gasteiger partial charge < -0.3 is 14.5 Å². The van der Waals surface area contributed by atoms with E-state index in [9.17, 15) is 14.4 Å². The van der Waals surface area contributed by atoms with Crippen LogP contribution < -0.4 is 10.6 Å². The first-order valence-corrected chi connectivity index (χ1v) is 7.77. The van der Waals surface area contributed by atoms with E-state index in [0.717, 1.165) is 18.9 Å². The van der Waals surface area contributed by atoms with Gasteiger partial charge in [-0.3, -0.25) is 10.1 Å². The molecule has 0 aromatic carbocycles. The second-order valence-electron chi connectivity index (χ2n) is 4.24. The minimum absolute atomic E-state index is 0.486. The van der Waals surface area contributed by atoms with Crippen LogP contribution in [0.15, 0.2) is 22.6 Å². The van der Waals surface area contributed by atoms with E-state index < -0.39 is 24.5 Å². The number of ether oxygens (including phenoxy) is 1. The van der Waals surface area contributed by atoms with Gasteiger partial charge in [0.25, 0.3) is 5.91 Å². The number of furan rings is 1. The lowest BCUT2D eigenvalue weighted by atomic mass is 10.3. The van der Waals surface area contributed by atoms with Gasteiger partial charge in [-0.2, -0.15) is 0 Å². The van der Waals surface area contributed by atoms with Gasteiger partial charge in [0.1, 0.15) is 5.76 Å². The zero-order valence-electron chi connectivity index (χ0n) is 12.1. The molecule has 0 aliphatic heterocycles. The minimum Gasteiger partial charge on any atom is -0.452 e. The molecular weight excluding hydrogens is 403 g/mol. The fourth-order valence-corrected chi connectivity index (χ4v) is 1.77. The highest BCUT2D eigenvalue weighted by Crippen LogP contribution is 2.11. The van der Waals surface area contributed by atoms with Crippen molar-refractivity contribution in [1.29, 1.82) is 0 Å². The third kappa shape index (κ3) is 7.81. The van der Waals surface area contributed by atoms with E-state index >= 15 is 0 Å². The van der Waals surface area contributed by atoms with Crippen molar-refractivity contribution >= 4 is 46.6 Å². The number of urea groups is 1. The van der Waals surface area contributed by atoms with Gasteiger partial charge in [0, 0.05) is 12.6 Å². The molecular formula is C14H17IN2O5. The summed E-state index contributed by atoms with van der Waals surface area (Å²) in [6.45, 7) is 1.95. The lowest BCUT2D eigenvalue weighted by Crippen LogP contribution is -2.41. The molecule has 0 radical (unpaired) electrons. The predicted octanol–water partition coefficient (Wildman–Crippen LogP) is 2.07. The molecule has 7 nitrogen and oxygen atoms in total. The Kier molecular flexibility index (Phi) is 8.26. The summed E-state index contributed by atoms with van der Waals surface area (Å²) in [5.41, 5.74) is 0. The quantitative estimate of drug-likeness (QED) is 0.305. The predicted molar refractivity (Wildman–Crippen MR) is 87.9 cm³/mol. The van der Waals surface area contributed by atoms with Gasteiger partial charge in [-0.05, 0) is 47.2 Å². The van der Waals surface area contributed by atoms with Gasteiger partial charge in [0.2, 0.25) is 0 Å². The molecule has 8 heteroatoms. The number of carbonyl (C=O) groups is 3. The first kappa shape index (κ1) is 18.2. The van der Waals surface area contributed by atoms with Crippen molar-refractivity contribution in [2.75, 3.05) is 13.2 Å². The Hall–Kier alpha value is -1.84. The van der Waals surface area contributed by atoms with Crippen LogP contribution in [0.1, 0.15) is 25.5 Å². The smallest absolute Gasteiger partial charge is 0.331 e. The molecule has 0 saturated carbocycles. The molecule has 0 spiro atoms. The Bertz CT molecular complexity index is 553. The van der Waals surface area contributed by atoms with Crippen LogP contribution in [0.5, 0.6) is 0 Å². The maximum absolute atomic E-state index is 11.4. The monoisotopic (exact) mass is 420 g/mol. The molecule has 0 saturated heterocycles. The molecule has 0 fully saturated rings. The molecule has 3 amide bonds. The van der Waals surface area contributed by atoms with Crippen molar-refractivity contribution in [2.24, 2.45) is 0 Å². The van der Waals surface area contributed by atoms with E-state index in [1.807, 2.05) is 29.5 Å². The van der Waals surface area contributed by atoms with Crippen LogP contribution in [0, 0.1) is 3.77 Å². The van der Waals surface area contributed by atoms with E-state index in [1.54, 1.807) is 12.1 Å². The highest BCUT2D eigenvalue weighted by atomic mass is 127. The zero-order valence-corrected chi connectivity index (χ0v) is 14.2. The van der Waals surface area contributed by atoms with E-state index in [1.165, 1.54) is 6.08 Å². The Morgan fingerprint density at radius 3 is 2.77 bits per heavy atom. The van der Waals surface area contributed by atoms with Crippen molar-refractivity contribution < 1.29 is 23.5 Å². The summed E-state index contributed by atoms with van der Waals surface area (Å²) in [5, 5.41) is 4.57. The number of carbonyl (C=O) groups excluding carboxylic acids is 3. The van der Waals surface area contributed by atoms with Crippen LogP contribution in [0.3, 0.4) is 0 Å². The van der Waals surface area contributed by atoms with Crippen LogP contribution in [-0.2, 0) is 14.3 Å². The van der Waals surface area contributed by atoms with Crippen LogP contribution in [-0.4, -0.2) is 31.1 Å². The summed E-state index contributed by atoms with van der Waals surface area (Å²) in [6.07, 6.45) is 4.34. The Labute approximate surface area is 141 Å². The number of rotatable bonds is 7. The highest BCUT2D eigenvalue weighted by molar-refractivity contribution is 14.1. The van der Waals surface area contributed by atoms with Crippen molar-refractivity contribution in [3.05, 3.63) is 27.7 Å². The molecule has 0 bridgehead atoms. The lowest BCUT2D eigenvalue weighted by Gasteiger charge is -2.05. The number of esters is 1. The molecule has 22 heavy (non-hydrogen) atoms. The van der Waals surface area contributed by atoms with Gasteiger partial charge in [-0.15, -0.1) is 0 Å². The van der Waals surface area contributed by atoms with E-state index in [0.29, 0.717) is 16.1 Å². The molecule has 0 unspecified atom stereocenters. The maximum Gasteiger partial charge on any atom is 0.331 e. The first-order chi connectivity index (χ1) is 10.5. The number of hydrogen-bond acceptors (Lipinski definition) is 5. The zero-order chi connectivity index (χ0) is 16.4. The van der Waals surface area contributed by atoms with Crippen LogP contribution in [0.2, 0.25) is 0 Å². The molecule has 1 heterocycles. The van der Waals surface area contributed by atoms with Crippen molar-refractivity contribution in [3.8, 4) is 0 Å². The molecule has 0 atom stereocenters. The standard InChI is InChI=1S/C14H17IN2O5/c1-2-3-8-16-14(20)17-12(18)9-21-13(19)7-5-10-4-6-11(15)22-10/h4-7H,2-3,8-9H2,1H3,(H2,16,17,18,20)/b7-5+. The Morgan fingerprint density at radius 2 is 2.14 bits per heavy atom. The summed E-state index contributed by atoms with van der Waals surface area (Å²) in [4.78, 5) is 34.0. The van der Waals surface area contributed by atoms with Crippen molar-refractivity contribution in [2.45, 2.75) is 19.8 Å². The summed E-state index contributed by atoms with van der Waals surface area (Å²) in [7, 11) is 0. The number of halogens is 1. The summed E-state index contributed by atoms with van der Waals surface area (Å²) in [5.74, 6) is -0.891. The minimum atomic E-state index is -0.701. The molecule has 1 aromatic heterocycles. The third-order valence-electron chi connectivity index (χ3n) is 2.39. The number of hydrogen-bond donors (Lipinski definition) is 2. The first-order valence-electron chi connectivity index (χ1n) is 6.69. The second-order valence-corrected chi connectivity index (χ2v) is 5.30. The number of imide groups is 1. The molecule has 0 aliphatic carbocycles. The van der Waals surface area contributed by atoms with Gasteiger partial charge >= 0.3 is 12.0 Å². The molecule has 0 aliphatic rings. The third-order valence-corrected chi connectivity index (χ3v) is 2.97. The Morgan fingerprint density at radius 1 is 1.36 bits per heavy atom. The largest absolute Gasteiger partial charge is 0.452 e. The number of amides is 3. The average Bonchev–Trinajstić information content (AvgIpc) is 2.89. The molecule has 120 valence electrons. The summed E-state index contributed by atoms with van der Waals surface area (Å²) in [6, 6.07) is 2.84. The Balaban J connectivity index is 2.24. The number of unbranched alkanes of at least 4 members (excludes halogenated alkanes) is 1. The normalized spacial score (nSPS) is 10.5. The van der Waals surface area contributed by atoms with Crippen molar-refractivity contribution in [1.82, 2.24) is 10.6 Å². The van der Waals surface area contributed by atoms with Crippen LogP contribution in [0.25, 0.3) is 6.08 Å². The average molecular weight is 420 g/mol. The van der Waals surface area contributed by atoms with Gasteiger partial charge in [-0.25, -0.2) is 9.59 Å². The van der Waals surface area contributed by atoms with Gasteiger partial charge in [0.15, 0.2) is 10.4 Å². The van der Waals surface area contributed by atoms with E-state index in [-0.39, 0.29) is 0 Å². The van der Waals surface area contributed by atoms with Crippen LogP contribution in [0.4, 0.5) is 4.79 Å². The van der Waals surface area contributed by atoms with E-state index in [4.69, 9.17) is 9.15 Å². The fourth-order valence-electron chi connectivity index (χ4n) is 1.34. The van der Waals surface area contributed by atoms with Gasteiger partial charge in [0.05, 0.1) is 0 Å². The molecule has 2 N–H and O–H groups in total. The summed E-state index contributed by atoms with van der Waals surface area (Å²) < 4.78 is 10.6. The van der Waals surface area contributed by atoms with Crippen LogP contribution >= 0.6 is 22.6 Å². The molecule has 1 aromatic rings. The number of nitrogens with one attached hydrogen (secondary N) is 2. The van der Waals surface area contributed by atoms with E-state index in [2.05, 4.69) is 10.6 Å². The highest BCUT2D eigenvalue weighted by Gasteiger charge is 2.09.